The van der Waals surface area contributed by atoms with Gasteiger partial charge in [-0.25, -0.2) is 5.43 Å². The topological polar surface area (TPSA) is 61.7 Å². The molecule has 0 saturated carbocycles. The zero-order valence-corrected chi connectivity index (χ0v) is 13.7. The van der Waals surface area contributed by atoms with E-state index in [0.717, 1.165) is 16.3 Å². The number of hydrogen-bond donors (Lipinski definition) is 2. The van der Waals surface area contributed by atoms with Gasteiger partial charge in [0, 0.05) is 10.6 Å². The van der Waals surface area contributed by atoms with Crippen LogP contribution < -0.4 is 5.43 Å². The first-order valence-corrected chi connectivity index (χ1v) is 7.75. The van der Waals surface area contributed by atoms with Gasteiger partial charge in [0.15, 0.2) is 0 Å². The lowest BCUT2D eigenvalue weighted by molar-refractivity contribution is 0.0952. The molecule has 0 aliphatic heterocycles. The molecule has 0 fully saturated rings. The van der Waals surface area contributed by atoms with Crippen LogP contribution in [-0.2, 0) is 0 Å². The lowest BCUT2D eigenvalue weighted by Gasteiger charge is -2.07. The van der Waals surface area contributed by atoms with Crippen molar-refractivity contribution in [3.63, 3.8) is 0 Å². The van der Waals surface area contributed by atoms with E-state index in [1.165, 1.54) is 0 Å². The maximum atomic E-state index is 12.3. The van der Waals surface area contributed by atoms with Gasteiger partial charge in [0.05, 0.1) is 11.3 Å². The molecule has 0 saturated heterocycles. The van der Waals surface area contributed by atoms with Crippen molar-refractivity contribution in [2.24, 2.45) is 5.10 Å². The first kappa shape index (κ1) is 16.0. The Labute approximate surface area is 144 Å². The van der Waals surface area contributed by atoms with Gasteiger partial charge in [0.1, 0.15) is 5.75 Å². The van der Waals surface area contributed by atoms with Gasteiger partial charge in [-0.1, -0.05) is 54.1 Å². The number of carbonyl (C=O) groups is 1. The molecule has 0 aliphatic carbocycles. The number of nitrogens with zero attached hydrogens (tertiary/aromatic N) is 1. The summed E-state index contributed by atoms with van der Waals surface area (Å²) < 4.78 is 0. The third-order valence-corrected chi connectivity index (χ3v) is 4.03. The number of carbonyl (C=O) groups excluding carboxylic acids is 1. The van der Waals surface area contributed by atoms with E-state index in [0.29, 0.717) is 10.7 Å². The van der Waals surface area contributed by atoms with Crippen molar-refractivity contribution in [2.45, 2.75) is 6.92 Å². The number of phenolic OH excluding ortho intramolecular Hbond substituents is 1. The fraction of sp³-hybridized carbons (Fsp3) is 0.0526. The average Bonchev–Trinajstić information content (AvgIpc) is 2.59. The molecule has 0 aliphatic rings. The third-order valence-electron chi connectivity index (χ3n) is 3.70. The first-order valence-electron chi connectivity index (χ1n) is 7.37. The van der Waals surface area contributed by atoms with Crippen LogP contribution in [0.2, 0.25) is 5.02 Å². The van der Waals surface area contributed by atoms with E-state index in [2.05, 4.69) is 10.5 Å². The molecule has 3 aromatic carbocycles. The first-order chi connectivity index (χ1) is 11.6. The fourth-order valence-electron chi connectivity index (χ4n) is 2.42. The Bertz CT molecular complexity index is 951. The molecule has 0 bridgehead atoms. The molecule has 0 spiro atoms. The van der Waals surface area contributed by atoms with Gasteiger partial charge in [0.2, 0.25) is 0 Å². The number of phenols is 1. The number of aromatic hydroxyl groups is 1. The summed E-state index contributed by atoms with van der Waals surface area (Å²) in [6.45, 7) is 1.75. The normalized spacial score (nSPS) is 11.5. The van der Waals surface area contributed by atoms with E-state index >= 15 is 0 Å². The van der Waals surface area contributed by atoms with Crippen LogP contribution in [0.4, 0.5) is 0 Å². The molecule has 0 atom stereocenters. The number of halogens is 1. The highest BCUT2D eigenvalue weighted by Gasteiger charge is 2.12. The number of rotatable bonds is 3. The number of amides is 1. The van der Waals surface area contributed by atoms with Crippen LogP contribution in [0.15, 0.2) is 65.8 Å². The van der Waals surface area contributed by atoms with Crippen LogP contribution >= 0.6 is 11.6 Å². The molecule has 1 amide bonds. The number of benzene rings is 3. The summed E-state index contributed by atoms with van der Waals surface area (Å²) in [5.74, 6) is -0.568. The van der Waals surface area contributed by atoms with Gasteiger partial charge in [-0.2, -0.15) is 5.10 Å². The Hall–Kier alpha value is -2.85. The van der Waals surface area contributed by atoms with E-state index in [1.54, 1.807) is 25.1 Å². The van der Waals surface area contributed by atoms with Crippen LogP contribution in [0.3, 0.4) is 0 Å². The zero-order chi connectivity index (χ0) is 17.1. The highest BCUT2D eigenvalue weighted by Crippen LogP contribution is 2.25. The maximum absolute atomic E-state index is 12.3. The molecule has 5 heteroatoms. The highest BCUT2D eigenvalue weighted by molar-refractivity contribution is 6.34. The summed E-state index contributed by atoms with van der Waals surface area (Å²) >= 11 is 6.11. The molecule has 0 aromatic heterocycles. The van der Waals surface area contributed by atoms with Crippen molar-refractivity contribution >= 4 is 34.0 Å². The third kappa shape index (κ3) is 3.24. The molecular formula is C19H15ClN2O2. The van der Waals surface area contributed by atoms with Gasteiger partial charge < -0.3 is 5.11 Å². The summed E-state index contributed by atoms with van der Waals surface area (Å²) in [6.07, 6.45) is 0. The van der Waals surface area contributed by atoms with E-state index in [1.807, 2.05) is 42.5 Å². The van der Waals surface area contributed by atoms with Gasteiger partial charge in [-0.15, -0.1) is 0 Å². The number of fused-ring (bicyclic) bond motifs is 1. The minimum absolute atomic E-state index is 0.0863. The predicted octanol–water partition coefficient (Wildman–Crippen LogP) is 4.35. The Morgan fingerprint density at radius 3 is 2.33 bits per heavy atom. The summed E-state index contributed by atoms with van der Waals surface area (Å²) in [5, 5.41) is 16.4. The summed E-state index contributed by atoms with van der Waals surface area (Å²) in [4.78, 5) is 12.3. The van der Waals surface area contributed by atoms with E-state index < -0.39 is 5.91 Å². The average molecular weight is 339 g/mol. The van der Waals surface area contributed by atoms with E-state index in [-0.39, 0.29) is 11.3 Å². The summed E-state index contributed by atoms with van der Waals surface area (Å²) in [6, 6.07) is 17.9. The van der Waals surface area contributed by atoms with Crippen molar-refractivity contribution in [1.82, 2.24) is 5.43 Å². The van der Waals surface area contributed by atoms with Gasteiger partial charge in [-0.3, -0.25) is 4.79 Å². The Morgan fingerprint density at radius 2 is 1.62 bits per heavy atom. The van der Waals surface area contributed by atoms with Crippen molar-refractivity contribution in [3.05, 3.63) is 76.8 Å². The largest absolute Gasteiger partial charge is 0.507 e. The van der Waals surface area contributed by atoms with E-state index in [4.69, 9.17) is 11.6 Å². The lowest BCUT2D eigenvalue weighted by Crippen LogP contribution is -2.19. The predicted molar refractivity (Wildman–Crippen MR) is 96.7 cm³/mol. The second kappa shape index (κ2) is 6.72. The second-order valence-corrected chi connectivity index (χ2v) is 5.74. The molecule has 3 aromatic rings. The molecule has 4 nitrogen and oxygen atoms in total. The Morgan fingerprint density at radius 1 is 1.00 bits per heavy atom. The van der Waals surface area contributed by atoms with Crippen molar-refractivity contribution in [3.8, 4) is 5.75 Å². The van der Waals surface area contributed by atoms with Crippen LogP contribution in [0.1, 0.15) is 22.8 Å². The maximum Gasteiger partial charge on any atom is 0.275 e. The van der Waals surface area contributed by atoms with Crippen molar-refractivity contribution < 1.29 is 9.90 Å². The Balaban J connectivity index is 1.86. The van der Waals surface area contributed by atoms with Crippen LogP contribution in [0, 0.1) is 0 Å². The molecule has 2 N–H and O–H groups in total. The van der Waals surface area contributed by atoms with Crippen LogP contribution in [0.25, 0.3) is 10.8 Å². The Kier molecular flexibility index (Phi) is 4.49. The van der Waals surface area contributed by atoms with Crippen molar-refractivity contribution in [2.75, 3.05) is 0 Å². The standard InChI is InChI=1S/C19H15ClN2O2/c1-12(15-8-4-5-9-17(15)20)21-22-19(24)16-10-13-6-2-3-7-14(13)11-18(16)23/h2-11,23H,1H3,(H,22,24)/b21-12+. The van der Waals surface area contributed by atoms with Crippen LogP contribution in [0.5, 0.6) is 5.75 Å². The van der Waals surface area contributed by atoms with Gasteiger partial charge in [0.25, 0.3) is 5.91 Å². The van der Waals surface area contributed by atoms with Gasteiger partial charge >= 0.3 is 0 Å². The molecule has 24 heavy (non-hydrogen) atoms. The number of nitrogens with one attached hydrogen (secondary N) is 1. The summed E-state index contributed by atoms with van der Waals surface area (Å²) in [7, 11) is 0. The molecule has 0 heterocycles. The summed E-state index contributed by atoms with van der Waals surface area (Å²) in [5.41, 5.74) is 3.95. The quantitative estimate of drug-likeness (QED) is 0.551. The second-order valence-electron chi connectivity index (χ2n) is 5.33. The monoisotopic (exact) mass is 338 g/mol. The SMILES string of the molecule is C/C(=N\NC(=O)c1cc2ccccc2cc1O)c1ccccc1Cl. The lowest BCUT2D eigenvalue weighted by atomic mass is 10.1. The molecule has 120 valence electrons. The van der Waals surface area contributed by atoms with Crippen LogP contribution in [-0.4, -0.2) is 16.7 Å². The smallest absolute Gasteiger partial charge is 0.275 e. The fourth-order valence-corrected chi connectivity index (χ4v) is 2.69. The minimum atomic E-state index is -0.482. The molecule has 0 radical (unpaired) electrons. The number of hydrogen-bond acceptors (Lipinski definition) is 3. The number of hydrazone groups is 1. The van der Waals surface area contributed by atoms with Gasteiger partial charge in [-0.05, 0) is 35.9 Å². The van der Waals surface area contributed by atoms with E-state index in [9.17, 15) is 9.90 Å². The highest BCUT2D eigenvalue weighted by atomic mass is 35.5. The zero-order valence-electron chi connectivity index (χ0n) is 13.0. The van der Waals surface area contributed by atoms with Crippen molar-refractivity contribution in [1.29, 1.82) is 0 Å². The molecule has 0 unspecified atom stereocenters. The molecule has 3 rings (SSSR count). The molecular weight excluding hydrogens is 324 g/mol. The minimum Gasteiger partial charge on any atom is -0.507 e.